The normalized spacial score (nSPS) is 10.6. The van der Waals surface area contributed by atoms with E-state index in [1.54, 1.807) is 7.11 Å². The van der Waals surface area contributed by atoms with Gasteiger partial charge >= 0.3 is 5.82 Å². The maximum absolute atomic E-state index is 10.9. The summed E-state index contributed by atoms with van der Waals surface area (Å²) in [5.41, 5.74) is 9.09. The number of hydrogen-bond acceptors (Lipinski definition) is 6. The fraction of sp³-hybridized carbons (Fsp3) is 0.167. The number of halogens is 1. The molecule has 1 heterocycles. The number of rotatable bonds is 8. The van der Waals surface area contributed by atoms with Crippen molar-refractivity contribution in [1.29, 1.82) is 0 Å². The van der Waals surface area contributed by atoms with Gasteiger partial charge in [0.25, 0.3) is 0 Å². The molecule has 0 atom stereocenters. The van der Waals surface area contributed by atoms with E-state index in [0.717, 1.165) is 16.8 Å². The van der Waals surface area contributed by atoms with Crippen LogP contribution in [0, 0.1) is 10.1 Å². The van der Waals surface area contributed by atoms with Crippen molar-refractivity contribution in [2.75, 3.05) is 12.5 Å². The molecule has 0 spiro atoms. The predicted octanol–water partition coefficient (Wildman–Crippen LogP) is 3.62. The van der Waals surface area contributed by atoms with Crippen LogP contribution in [0.25, 0.3) is 0 Å². The van der Waals surface area contributed by atoms with Crippen LogP contribution in [-0.4, -0.2) is 21.8 Å². The highest BCUT2D eigenvalue weighted by molar-refractivity contribution is 6.32. The molecule has 0 aliphatic carbocycles. The number of aromatic nitrogens is 2. The van der Waals surface area contributed by atoms with Gasteiger partial charge in [-0.15, -0.1) is 0 Å². The first kappa shape index (κ1) is 18.7. The fourth-order valence-electron chi connectivity index (χ4n) is 2.57. The van der Waals surface area contributed by atoms with Crippen LogP contribution >= 0.6 is 11.6 Å². The molecule has 27 heavy (non-hydrogen) atoms. The lowest BCUT2D eigenvalue weighted by atomic mass is 10.1. The van der Waals surface area contributed by atoms with Gasteiger partial charge in [0.2, 0.25) is 0 Å². The number of anilines is 1. The van der Waals surface area contributed by atoms with Gasteiger partial charge in [-0.05, 0) is 28.7 Å². The molecule has 0 aliphatic heterocycles. The number of nitrogens with one attached hydrogen (secondary N) is 2. The Labute approximate surface area is 160 Å². The minimum atomic E-state index is -0.607. The van der Waals surface area contributed by atoms with Gasteiger partial charge in [0.1, 0.15) is 5.75 Å². The van der Waals surface area contributed by atoms with E-state index in [4.69, 9.17) is 16.3 Å². The Bertz CT molecular complexity index is 930. The molecule has 2 N–H and O–H groups in total. The molecule has 0 saturated heterocycles. The van der Waals surface area contributed by atoms with Gasteiger partial charge in [-0.25, -0.2) is 5.43 Å². The van der Waals surface area contributed by atoms with E-state index in [0.29, 0.717) is 18.8 Å². The quantitative estimate of drug-likeness (QED) is 0.453. The minimum Gasteiger partial charge on any atom is -0.496 e. The molecule has 0 amide bonds. The molecule has 0 unspecified atom stereocenters. The zero-order chi connectivity index (χ0) is 19.2. The van der Waals surface area contributed by atoms with Crippen molar-refractivity contribution < 1.29 is 9.66 Å². The van der Waals surface area contributed by atoms with E-state index in [1.165, 1.54) is 10.9 Å². The number of nitro groups is 1. The Morgan fingerprint density at radius 3 is 2.70 bits per heavy atom. The molecule has 0 aliphatic rings. The lowest BCUT2D eigenvalue weighted by Gasteiger charge is -2.12. The highest BCUT2D eigenvalue weighted by Crippen LogP contribution is 2.25. The van der Waals surface area contributed by atoms with Crippen LogP contribution in [0.15, 0.2) is 54.7 Å². The molecule has 3 aromatic rings. The van der Waals surface area contributed by atoms with Crippen LogP contribution in [0.1, 0.15) is 11.1 Å². The predicted molar refractivity (Wildman–Crippen MR) is 103 cm³/mol. The van der Waals surface area contributed by atoms with Crippen molar-refractivity contribution >= 4 is 23.1 Å². The number of benzene rings is 2. The first-order valence-corrected chi connectivity index (χ1v) is 8.51. The summed E-state index contributed by atoms with van der Waals surface area (Å²) in [5.74, 6) is 0.312. The molecule has 9 heteroatoms. The average molecular weight is 388 g/mol. The second-order valence-electron chi connectivity index (χ2n) is 5.75. The molecule has 0 saturated carbocycles. The standard InChI is InChI=1S/C18H18ClN5O3/c1-27-17-9-13(10-20-21-15-5-3-2-4-6-15)7-8-14(17)11-23-12-16(19)18(22-23)24(25)26/h2-9,12,20-21H,10-11H2,1H3. The Morgan fingerprint density at radius 1 is 1.26 bits per heavy atom. The van der Waals surface area contributed by atoms with Crippen molar-refractivity contribution in [1.82, 2.24) is 15.2 Å². The average Bonchev–Trinajstić information content (AvgIpc) is 3.04. The number of nitrogens with zero attached hydrogens (tertiary/aromatic N) is 3. The lowest BCUT2D eigenvalue weighted by Crippen LogP contribution is -2.20. The first-order valence-electron chi connectivity index (χ1n) is 8.14. The summed E-state index contributed by atoms with van der Waals surface area (Å²) < 4.78 is 6.87. The van der Waals surface area contributed by atoms with E-state index >= 15 is 0 Å². The van der Waals surface area contributed by atoms with Crippen molar-refractivity contribution in [3.63, 3.8) is 0 Å². The molecule has 2 aromatic carbocycles. The van der Waals surface area contributed by atoms with Gasteiger partial charge in [-0.3, -0.25) is 0 Å². The van der Waals surface area contributed by atoms with Crippen molar-refractivity contribution in [3.8, 4) is 5.75 Å². The monoisotopic (exact) mass is 387 g/mol. The zero-order valence-electron chi connectivity index (χ0n) is 14.6. The van der Waals surface area contributed by atoms with Gasteiger partial charge in [0.05, 0.1) is 25.0 Å². The summed E-state index contributed by atoms with van der Waals surface area (Å²) in [6, 6.07) is 15.6. The van der Waals surface area contributed by atoms with Gasteiger partial charge in [0, 0.05) is 17.8 Å². The molecule has 1 aromatic heterocycles. The molecule has 0 fully saturated rings. The van der Waals surface area contributed by atoms with E-state index in [2.05, 4.69) is 16.0 Å². The summed E-state index contributed by atoms with van der Waals surface area (Å²) in [6.07, 6.45) is 1.43. The van der Waals surface area contributed by atoms with Gasteiger partial charge in [-0.1, -0.05) is 41.9 Å². The van der Waals surface area contributed by atoms with Crippen LogP contribution in [-0.2, 0) is 13.1 Å². The molecule has 0 radical (unpaired) electrons. The highest BCUT2D eigenvalue weighted by atomic mass is 35.5. The fourth-order valence-corrected chi connectivity index (χ4v) is 2.78. The van der Waals surface area contributed by atoms with E-state index in [-0.39, 0.29) is 10.8 Å². The summed E-state index contributed by atoms with van der Waals surface area (Å²) in [4.78, 5) is 10.3. The van der Waals surface area contributed by atoms with Gasteiger partial charge in [-0.2, -0.15) is 4.68 Å². The van der Waals surface area contributed by atoms with Crippen LogP contribution in [0.2, 0.25) is 5.02 Å². The van der Waals surface area contributed by atoms with Crippen LogP contribution in [0.4, 0.5) is 11.5 Å². The second-order valence-corrected chi connectivity index (χ2v) is 6.15. The molecule has 140 valence electrons. The maximum Gasteiger partial charge on any atom is 0.408 e. The number of ether oxygens (including phenoxy) is 1. The largest absolute Gasteiger partial charge is 0.496 e. The Morgan fingerprint density at radius 2 is 2.04 bits per heavy atom. The lowest BCUT2D eigenvalue weighted by molar-refractivity contribution is -0.389. The number of methoxy groups -OCH3 is 1. The summed E-state index contributed by atoms with van der Waals surface area (Å²) in [6.45, 7) is 0.900. The van der Waals surface area contributed by atoms with E-state index in [1.807, 2.05) is 48.5 Å². The Hall–Kier alpha value is -3.10. The Balaban J connectivity index is 1.67. The minimum absolute atomic E-state index is 0.00627. The molecular formula is C18H18ClN5O3. The SMILES string of the molecule is COc1cc(CNNc2ccccc2)ccc1Cn1cc(Cl)c([N+](=O)[O-])n1. The number of para-hydroxylation sites is 1. The molecule has 3 rings (SSSR count). The Kier molecular flexibility index (Phi) is 5.90. The van der Waals surface area contributed by atoms with Gasteiger partial charge in [0.15, 0.2) is 5.02 Å². The van der Waals surface area contributed by atoms with Crippen molar-refractivity contribution in [3.05, 3.63) is 81.0 Å². The van der Waals surface area contributed by atoms with Crippen LogP contribution in [0.5, 0.6) is 5.75 Å². The molecule has 0 bridgehead atoms. The van der Waals surface area contributed by atoms with Gasteiger partial charge < -0.3 is 20.3 Å². The second kappa shape index (κ2) is 8.52. The topological polar surface area (TPSA) is 94.2 Å². The van der Waals surface area contributed by atoms with Crippen LogP contribution in [0.3, 0.4) is 0 Å². The third-order valence-corrected chi connectivity index (χ3v) is 4.12. The summed E-state index contributed by atoms with van der Waals surface area (Å²) >= 11 is 5.84. The molecule has 8 nitrogen and oxygen atoms in total. The first-order chi connectivity index (χ1) is 13.1. The number of hydrazine groups is 1. The third kappa shape index (κ3) is 4.75. The van der Waals surface area contributed by atoms with E-state index < -0.39 is 4.92 Å². The maximum atomic E-state index is 10.9. The number of hydrogen-bond donors (Lipinski definition) is 2. The van der Waals surface area contributed by atoms with Crippen molar-refractivity contribution in [2.24, 2.45) is 0 Å². The van der Waals surface area contributed by atoms with E-state index in [9.17, 15) is 10.1 Å². The smallest absolute Gasteiger partial charge is 0.408 e. The molecular weight excluding hydrogens is 370 g/mol. The van der Waals surface area contributed by atoms with Crippen LogP contribution < -0.4 is 15.6 Å². The third-order valence-electron chi connectivity index (χ3n) is 3.85. The zero-order valence-corrected chi connectivity index (χ0v) is 15.3. The summed E-state index contributed by atoms with van der Waals surface area (Å²) in [7, 11) is 1.58. The summed E-state index contributed by atoms with van der Waals surface area (Å²) in [5, 5.41) is 14.8. The van der Waals surface area contributed by atoms with Crippen molar-refractivity contribution in [2.45, 2.75) is 13.1 Å². The highest BCUT2D eigenvalue weighted by Gasteiger charge is 2.19.